The normalized spacial score (nSPS) is 9.93. The molecule has 1 rings (SSSR count). The lowest BCUT2D eigenvalue weighted by molar-refractivity contribution is 0.101. The van der Waals surface area contributed by atoms with Crippen LogP contribution in [0.4, 0.5) is 5.69 Å². The van der Waals surface area contributed by atoms with E-state index in [0.29, 0.717) is 28.1 Å². The molecule has 0 radical (unpaired) electrons. The first-order valence-electron chi connectivity index (χ1n) is 4.29. The van der Waals surface area contributed by atoms with Gasteiger partial charge in [-0.25, -0.2) is 0 Å². The first kappa shape index (κ1) is 11.0. The molecule has 0 atom stereocenters. The molecule has 1 aromatic carbocycles. The van der Waals surface area contributed by atoms with Gasteiger partial charge in [0.05, 0.1) is 17.9 Å². The lowest BCUT2D eigenvalue weighted by atomic mass is 10.1. The van der Waals surface area contributed by atoms with E-state index in [0.717, 1.165) is 0 Å². The van der Waals surface area contributed by atoms with Crippen molar-refractivity contribution in [3.8, 4) is 5.75 Å². The third kappa shape index (κ3) is 2.07. The topological polar surface area (TPSA) is 52.3 Å². The molecule has 0 saturated carbocycles. The summed E-state index contributed by atoms with van der Waals surface area (Å²) in [5.41, 5.74) is 6.71. The summed E-state index contributed by atoms with van der Waals surface area (Å²) in [6.07, 6.45) is 0. The Balaban J connectivity index is 3.33. The molecular formula is C10H12BrNO2. The van der Waals surface area contributed by atoms with Crippen molar-refractivity contribution in [3.63, 3.8) is 0 Å². The summed E-state index contributed by atoms with van der Waals surface area (Å²) in [7, 11) is 0. The number of halogens is 1. The molecule has 0 fully saturated rings. The third-order valence-corrected chi connectivity index (χ3v) is 2.44. The van der Waals surface area contributed by atoms with Gasteiger partial charge in [-0.05, 0) is 41.9 Å². The number of rotatable bonds is 3. The maximum atomic E-state index is 11.3. The van der Waals surface area contributed by atoms with Crippen molar-refractivity contribution >= 4 is 27.4 Å². The van der Waals surface area contributed by atoms with Crippen LogP contribution in [0.3, 0.4) is 0 Å². The Kier molecular flexibility index (Phi) is 3.52. The molecule has 0 aromatic heterocycles. The van der Waals surface area contributed by atoms with E-state index in [-0.39, 0.29) is 5.78 Å². The Hall–Kier alpha value is -1.03. The predicted molar refractivity (Wildman–Crippen MR) is 59.7 cm³/mol. The van der Waals surface area contributed by atoms with Crippen LogP contribution in [-0.4, -0.2) is 12.4 Å². The van der Waals surface area contributed by atoms with Gasteiger partial charge in [0.25, 0.3) is 0 Å². The van der Waals surface area contributed by atoms with Crippen LogP contribution in [-0.2, 0) is 0 Å². The lowest BCUT2D eigenvalue weighted by Crippen LogP contribution is -2.04. The Bertz CT molecular complexity index is 363. The molecule has 2 N–H and O–H groups in total. The first-order valence-corrected chi connectivity index (χ1v) is 5.09. The first-order chi connectivity index (χ1) is 6.57. The van der Waals surface area contributed by atoms with Crippen LogP contribution in [0.2, 0.25) is 0 Å². The van der Waals surface area contributed by atoms with Gasteiger partial charge in [-0.15, -0.1) is 0 Å². The standard InChI is InChI=1S/C10H12BrNO2/c1-3-14-10-8(12)5-4-7(11)9(10)6(2)13/h4-5H,3,12H2,1-2H3. The van der Waals surface area contributed by atoms with Crippen LogP contribution in [0.5, 0.6) is 5.75 Å². The van der Waals surface area contributed by atoms with Gasteiger partial charge in [-0.1, -0.05) is 0 Å². The number of benzene rings is 1. The Morgan fingerprint density at radius 1 is 1.57 bits per heavy atom. The van der Waals surface area contributed by atoms with Crippen molar-refractivity contribution in [2.75, 3.05) is 12.3 Å². The van der Waals surface area contributed by atoms with Crippen molar-refractivity contribution in [1.82, 2.24) is 0 Å². The van der Waals surface area contributed by atoms with E-state index in [1.165, 1.54) is 6.92 Å². The average molecular weight is 258 g/mol. The SMILES string of the molecule is CCOc1c(N)ccc(Br)c1C(C)=O. The minimum atomic E-state index is -0.0624. The summed E-state index contributed by atoms with van der Waals surface area (Å²) in [6.45, 7) is 3.83. The van der Waals surface area contributed by atoms with E-state index in [9.17, 15) is 4.79 Å². The number of nitrogen functional groups attached to an aromatic ring is 1. The minimum Gasteiger partial charge on any atom is -0.491 e. The lowest BCUT2D eigenvalue weighted by Gasteiger charge is -2.12. The van der Waals surface area contributed by atoms with Crippen molar-refractivity contribution in [3.05, 3.63) is 22.2 Å². The second-order valence-corrected chi connectivity index (χ2v) is 3.68. The smallest absolute Gasteiger partial charge is 0.164 e. The number of Topliss-reactive ketones (excluding diaryl/α,β-unsaturated/α-hetero) is 1. The highest BCUT2D eigenvalue weighted by Gasteiger charge is 2.15. The second kappa shape index (κ2) is 4.46. The van der Waals surface area contributed by atoms with Gasteiger partial charge < -0.3 is 10.5 Å². The van der Waals surface area contributed by atoms with Gasteiger partial charge >= 0.3 is 0 Å². The average Bonchev–Trinajstić information content (AvgIpc) is 2.11. The Morgan fingerprint density at radius 3 is 2.71 bits per heavy atom. The summed E-state index contributed by atoms with van der Waals surface area (Å²) in [5, 5.41) is 0. The fourth-order valence-corrected chi connectivity index (χ4v) is 1.79. The van der Waals surface area contributed by atoms with Gasteiger partial charge in [0.15, 0.2) is 11.5 Å². The van der Waals surface area contributed by atoms with E-state index < -0.39 is 0 Å². The molecule has 0 heterocycles. The largest absolute Gasteiger partial charge is 0.491 e. The summed E-state index contributed by atoms with van der Waals surface area (Å²) < 4.78 is 6.04. The molecule has 0 aliphatic heterocycles. The molecule has 4 heteroatoms. The van der Waals surface area contributed by atoms with Crippen LogP contribution in [0.1, 0.15) is 24.2 Å². The zero-order valence-electron chi connectivity index (χ0n) is 8.13. The Morgan fingerprint density at radius 2 is 2.21 bits per heavy atom. The summed E-state index contributed by atoms with van der Waals surface area (Å²) in [4.78, 5) is 11.3. The van der Waals surface area contributed by atoms with Crippen LogP contribution < -0.4 is 10.5 Å². The van der Waals surface area contributed by atoms with E-state index in [1.807, 2.05) is 6.92 Å². The maximum Gasteiger partial charge on any atom is 0.164 e. The fraction of sp³-hybridized carbons (Fsp3) is 0.300. The highest BCUT2D eigenvalue weighted by molar-refractivity contribution is 9.10. The van der Waals surface area contributed by atoms with Gasteiger partial charge in [0.2, 0.25) is 0 Å². The number of nitrogens with two attached hydrogens (primary N) is 1. The van der Waals surface area contributed by atoms with Crippen molar-refractivity contribution in [1.29, 1.82) is 0 Å². The van der Waals surface area contributed by atoms with Crippen LogP contribution in [0, 0.1) is 0 Å². The molecule has 0 saturated heterocycles. The van der Waals surface area contributed by atoms with Crippen molar-refractivity contribution in [2.24, 2.45) is 0 Å². The molecule has 0 aliphatic rings. The zero-order valence-corrected chi connectivity index (χ0v) is 9.72. The van der Waals surface area contributed by atoms with Gasteiger partial charge in [0, 0.05) is 4.47 Å². The van der Waals surface area contributed by atoms with E-state index in [1.54, 1.807) is 12.1 Å². The number of ketones is 1. The maximum absolute atomic E-state index is 11.3. The quantitative estimate of drug-likeness (QED) is 0.669. The molecule has 0 spiro atoms. The van der Waals surface area contributed by atoms with Gasteiger partial charge in [-0.3, -0.25) is 4.79 Å². The summed E-state index contributed by atoms with van der Waals surface area (Å²) >= 11 is 3.30. The molecule has 0 amide bonds. The predicted octanol–water partition coefficient (Wildman–Crippen LogP) is 2.63. The van der Waals surface area contributed by atoms with Gasteiger partial charge in [0.1, 0.15) is 0 Å². The number of carbonyl (C=O) groups excluding carboxylic acids is 1. The summed E-state index contributed by atoms with van der Waals surface area (Å²) in [6, 6.07) is 3.45. The number of hydrogen-bond acceptors (Lipinski definition) is 3. The van der Waals surface area contributed by atoms with E-state index >= 15 is 0 Å². The van der Waals surface area contributed by atoms with E-state index in [2.05, 4.69) is 15.9 Å². The third-order valence-electron chi connectivity index (χ3n) is 1.78. The highest BCUT2D eigenvalue weighted by atomic mass is 79.9. The molecule has 0 unspecified atom stereocenters. The number of carbonyl (C=O) groups is 1. The van der Waals surface area contributed by atoms with E-state index in [4.69, 9.17) is 10.5 Å². The van der Waals surface area contributed by atoms with Crippen molar-refractivity contribution in [2.45, 2.75) is 13.8 Å². The molecule has 1 aromatic rings. The summed E-state index contributed by atoms with van der Waals surface area (Å²) in [5.74, 6) is 0.405. The molecule has 3 nitrogen and oxygen atoms in total. The van der Waals surface area contributed by atoms with Crippen molar-refractivity contribution < 1.29 is 9.53 Å². The fourth-order valence-electron chi connectivity index (χ4n) is 1.20. The molecular weight excluding hydrogens is 246 g/mol. The molecule has 0 bridgehead atoms. The Labute approximate surface area is 91.4 Å². The minimum absolute atomic E-state index is 0.0624. The second-order valence-electron chi connectivity index (χ2n) is 2.83. The zero-order chi connectivity index (χ0) is 10.7. The molecule has 14 heavy (non-hydrogen) atoms. The number of anilines is 1. The van der Waals surface area contributed by atoms with Gasteiger partial charge in [-0.2, -0.15) is 0 Å². The highest BCUT2D eigenvalue weighted by Crippen LogP contribution is 2.32. The molecule has 76 valence electrons. The molecule has 0 aliphatic carbocycles. The van der Waals surface area contributed by atoms with Crippen LogP contribution in [0.15, 0.2) is 16.6 Å². The number of hydrogen-bond donors (Lipinski definition) is 1. The monoisotopic (exact) mass is 257 g/mol. The van der Waals surface area contributed by atoms with Crippen LogP contribution >= 0.6 is 15.9 Å². The number of ether oxygens (including phenoxy) is 1. The van der Waals surface area contributed by atoms with Crippen LogP contribution in [0.25, 0.3) is 0 Å².